The highest BCUT2D eigenvalue weighted by Crippen LogP contribution is 2.26. The molecule has 2 rings (SSSR count). The monoisotopic (exact) mass is 292 g/mol. The molecule has 0 bridgehead atoms. The van der Waals surface area contributed by atoms with Crippen LogP contribution in [0.1, 0.15) is 32.9 Å². The lowest BCUT2D eigenvalue weighted by Crippen LogP contribution is -2.32. The van der Waals surface area contributed by atoms with Gasteiger partial charge in [0.25, 0.3) is 0 Å². The van der Waals surface area contributed by atoms with Gasteiger partial charge in [-0.25, -0.2) is 4.68 Å². The van der Waals surface area contributed by atoms with Gasteiger partial charge in [-0.05, 0) is 36.3 Å². The van der Waals surface area contributed by atoms with Crippen molar-refractivity contribution in [1.29, 1.82) is 0 Å². The average molecular weight is 292 g/mol. The third-order valence-electron chi connectivity index (χ3n) is 3.85. The lowest BCUT2D eigenvalue weighted by molar-refractivity contribution is -0.149. The number of hydrogen-bond donors (Lipinski definition) is 1. The molecule has 0 fully saturated rings. The van der Waals surface area contributed by atoms with Crippen LogP contribution in [0.4, 0.5) is 0 Å². The zero-order valence-electron chi connectivity index (χ0n) is 12.7. The predicted octanol–water partition coefficient (Wildman–Crippen LogP) is 1.14. The number of nitrogens with zero attached hydrogens (tertiary/aromatic N) is 6. The third kappa shape index (κ3) is 2.79. The number of carbonyl (C=O) groups is 1. The minimum Gasteiger partial charge on any atom is -0.481 e. The van der Waals surface area contributed by atoms with E-state index in [0.29, 0.717) is 12.2 Å². The van der Waals surface area contributed by atoms with Crippen molar-refractivity contribution < 1.29 is 9.90 Å². The zero-order chi connectivity index (χ0) is 15.6. The second-order valence-corrected chi connectivity index (χ2v) is 5.38. The Morgan fingerprint density at radius 2 is 2.14 bits per heavy atom. The summed E-state index contributed by atoms with van der Waals surface area (Å²) in [6, 6.07) is 1.92. The van der Waals surface area contributed by atoms with E-state index in [4.69, 9.17) is 0 Å². The van der Waals surface area contributed by atoms with Gasteiger partial charge in [-0.15, -0.1) is 5.10 Å². The van der Waals surface area contributed by atoms with Gasteiger partial charge < -0.3 is 5.11 Å². The molecule has 21 heavy (non-hydrogen) atoms. The van der Waals surface area contributed by atoms with Crippen LogP contribution in [-0.4, -0.2) is 41.1 Å². The zero-order valence-corrected chi connectivity index (χ0v) is 12.7. The van der Waals surface area contributed by atoms with Gasteiger partial charge >= 0.3 is 5.97 Å². The molecule has 0 aliphatic carbocycles. The van der Waals surface area contributed by atoms with Crippen LogP contribution in [0.3, 0.4) is 0 Å². The first-order valence-corrected chi connectivity index (χ1v) is 6.94. The van der Waals surface area contributed by atoms with Gasteiger partial charge in [-0.3, -0.25) is 9.48 Å². The van der Waals surface area contributed by atoms with Crippen molar-refractivity contribution in [2.24, 2.45) is 12.5 Å². The summed E-state index contributed by atoms with van der Waals surface area (Å²) < 4.78 is 3.25. The highest BCUT2D eigenvalue weighted by atomic mass is 16.4. The van der Waals surface area contributed by atoms with E-state index in [2.05, 4.69) is 20.6 Å². The third-order valence-corrected chi connectivity index (χ3v) is 3.85. The van der Waals surface area contributed by atoms with Gasteiger partial charge in [-0.1, -0.05) is 13.8 Å². The first kappa shape index (κ1) is 15.1. The van der Waals surface area contributed by atoms with Crippen LogP contribution in [0.25, 0.3) is 11.5 Å². The van der Waals surface area contributed by atoms with E-state index in [1.54, 1.807) is 11.6 Å². The van der Waals surface area contributed by atoms with Crippen LogP contribution < -0.4 is 0 Å². The predicted molar refractivity (Wildman–Crippen MR) is 75.4 cm³/mol. The van der Waals surface area contributed by atoms with Crippen LogP contribution in [-0.2, 0) is 24.8 Å². The Labute approximate surface area is 122 Å². The first-order chi connectivity index (χ1) is 9.91. The highest BCUT2D eigenvalue weighted by Gasteiger charge is 2.33. The fourth-order valence-electron chi connectivity index (χ4n) is 2.06. The first-order valence-electron chi connectivity index (χ1n) is 6.94. The average Bonchev–Trinajstić information content (AvgIpc) is 3.04. The standard InChI is InChI=1S/C13H20N6O2/c1-5-9-7-10(18(4)15-9)11-14-16-17-19(11)8-13(3,6-2)12(20)21/h7H,5-6,8H2,1-4H3,(H,20,21). The minimum atomic E-state index is -0.906. The number of carboxylic acid groups (broad SMARTS) is 1. The maximum atomic E-state index is 11.4. The lowest BCUT2D eigenvalue weighted by Gasteiger charge is -2.22. The normalized spacial score (nSPS) is 14.1. The molecule has 0 saturated carbocycles. The van der Waals surface area contributed by atoms with E-state index in [1.807, 2.05) is 27.0 Å². The second kappa shape index (κ2) is 5.63. The summed E-state index contributed by atoms with van der Waals surface area (Å²) >= 11 is 0. The topological polar surface area (TPSA) is 98.7 Å². The van der Waals surface area contributed by atoms with Gasteiger partial charge in [0, 0.05) is 7.05 Å². The minimum absolute atomic E-state index is 0.216. The van der Waals surface area contributed by atoms with Crippen molar-refractivity contribution in [1.82, 2.24) is 30.0 Å². The fraction of sp³-hybridized carbons (Fsp3) is 0.615. The number of tetrazole rings is 1. The van der Waals surface area contributed by atoms with E-state index < -0.39 is 11.4 Å². The maximum absolute atomic E-state index is 11.4. The number of carboxylic acids is 1. The van der Waals surface area contributed by atoms with Gasteiger partial charge in [-0.2, -0.15) is 5.10 Å². The molecule has 0 radical (unpaired) electrons. The molecule has 2 aromatic heterocycles. The molecule has 8 nitrogen and oxygen atoms in total. The number of aryl methyl sites for hydroxylation is 2. The maximum Gasteiger partial charge on any atom is 0.311 e. The molecule has 0 aromatic carbocycles. The van der Waals surface area contributed by atoms with Gasteiger partial charge in [0.05, 0.1) is 17.7 Å². The Hall–Kier alpha value is -2.25. The van der Waals surface area contributed by atoms with Crippen molar-refractivity contribution in [2.75, 3.05) is 0 Å². The molecule has 8 heteroatoms. The number of rotatable bonds is 6. The second-order valence-electron chi connectivity index (χ2n) is 5.38. The molecule has 0 amide bonds. The fourth-order valence-corrected chi connectivity index (χ4v) is 2.06. The molecule has 1 N–H and O–H groups in total. The molecule has 0 spiro atoms. The smallest absolute Gasteiger partial charge is 0.311 e. The summed E-state index contributed by atoms with van der Waals surface area (Å²) in [5, 5.41) is 25.4. The Morgan fingerprint density at radius 3 is 2.67 bits per heavy atom. The van der Waals surface area contributed by atoms with E-state index in [9.17, 15) is 9.90 Å². The van der Waals surface area contributed by atoms with Crippen LogP contribution >= 0.6 is 0 Å². The molecule has 0 aliphatic heterocycles. The summed E-state index contributed by atoms with van der Waals surface area (Å²) in [7, 11) is 1.82. The van der Waals surface area contributed by atoms with E-state index in [1.165, 1.54) is 4.68 Å². The van der Waals surface area contributed by atoms with Crippen molar-refractivity contribution in [2.45, 2.75) is 40.2 Å². The van der Waals surface area contributed by atoms with Gasteiger partial charge in [0.15, 0.2) is 5.82 Å². The van der Waals surface area contributed by atoms with Crippen LogP contribution in [0.5, 0.6) is 0 Å². The van der Waals surface area contributed by atoms with Crippen molar-refractivity contribution in [3.8, 4) is 11.5 Å². The number of hydrogen-bond acceptors (Lipinski definition) is 5. The SMILES string of the molecule is CCc1cc(-c2nnnn2CC(C)(CC)C(=O)O)n(C)n1. The van der Waals surface area contributed by atoms with E-state index in [0.717, 1.165) is 17.8 Å². The Balaban J connectivity index is 2.39. The van der Waals surface area contributed by atoms with E-state index in [-0.39, 0.29) is 6.54 Å². The quantitative estimate of drug-likeness (QED) is 0.857. The molecule has 0 aliphatic rings. The Morgan fingerprint density at radius 1 is 1.43 bits per heavy atom. The largest absolute Gasteiger partial charge is 0.481 e. The molecule has 0 saturated heterocycles. The molecular formula is C13H20N6O2. The summed E-state index contributed by atoms with van der Waals surface area (Å²) in [5.74, 6) is -0.323. The highest BCUT2D eigenvalue weighted by molar-refractivity contribution is 5.74. The number of aliphatic carboxylic acids is 1. The van der Waals surface area contributed by atoms with E-state index >= 15 is 0 Å². The van der Waals surface area contributed by atoms with Crippen LogP contribution in [0, 0.1) is 5.41 Å². The van der Waals surface area contributed by atoms with Crippen molar-refractivity contribution >= 4 is 5.97 Å². The van der Waals surface area contributed by atoms with Crippen LogP contribution in [0.2, 0.25) is 0 Å². The van der Waals surface area contributed by atoms with Gasteiger partial charge in [0.1, 0.15) is 5.69 Å². The van der Waals surface area contributed by atoms with Crippen molar-refractivity contribution in [3.05, 3.63) is 11.8 Å². The van der Waals surface area contributed by atoms with Crippen LogP contribution in [0.15, 0.2) is 6.07 Å². The lowest BCUT2D eigenvalue weighted by atomic mass is 9.88. The summed E-state index contributed by atoms with van der Waals surface area (Å²) in [5.41, 5.74) is 0.815. The molecule has 2 aromatic rings. The Kier molecular flexibility index (Phi) is 4.06. The summed E-state index contributed by atoms with van der Waals surface area (Å²) in [6.45, 7) is 5.78. The van der Waals surface area contributed by atoms with Gasteiger partial charge in [0.2, 0.25) is 0 Å². The van der Waals surface area contributed by atoms with Crippen molar-refractivity contribution in [3.63, 3.8) is 0 Å². The summed E-state index contributed by atoms with van der Waals surface area (Å²) in [4.78, 5) is 11.4. The molecule has 1 atom stereocenters. The number of aromatic nitrogens is 6. The molecule has 114 valence electrons. The Bertz CT molecular complexity index is 647. The molecular weight excluding hydrogens is 272 g/mol. The molecule has 2 heterocycles. The summed E-state index contributed by atoms with van der Waals surface area (Å²) in [6.07, 6.45) is 1.31. The molecule has 1 unspecified atom stereocenters.